The van der Waals surface area contributed by atoms with E-state index in [4.69, 9.17) is 16.3 Å². The van der Waals surface area contributed by atoms with Crippen LogP contribution in [-0.4, -0.2) is 33.4 Å². The molecule has 0 aromatic carbocycles. The lowest BCUT2D eigenvalue weighted by atomic mass is 10.1. The molecule has 0 amide bonds. The third-order valence-corrected chi connectivity index (χ3v) is 2.65. The molecule has 2 unspecified atom stereocenters. The zero-order valence-electron chi connectivity index (χ0n) is 10.2. The third kappa shape index (κ3) is 3.15. The van der Waals surface area contributed by atoms with Gasteiger partial charge in [-0.15, -0.1) is 16.7 Å². The van der Waals surface area contributed by atoms with E-state index in [9.17, 15) is 0 Å². The van der Waals surface area contributed by atoms with Gasteiger partial charge in [-0.2, -0.15) is 0 Å². The van der Waals surface area contributed by atoms with Crippen LogP contribution >= 0.6 is 11.6 Å². The van der Waals surface area contributed by atoms with Crippen LogP contribution in [0.2, 0.25) is 0 Å². The molecule has 92 valence electrons. The second kappa shape index (κ2) is 6.15. The van der Waals surface area contributed by atoms with Crippen molar-refractivity contribution < 1.29 is 4.74 Å². The molecule has 0 aliphatic rings. The number of halogens is 1. The van der Waals surface area contributed by atoms with Crippen LogP contribution < -0.4 is 0 Å². The summed E-state index contributed by atoms with van der Waals surface area (Å²) in [5, 5.41) is 11.4. The Morgan fingerprint density at radius 2 is 2.06 bits per heavy atom. The van der Waals surface area contributed by atoms with Crippen molar-refractivity contribution >= 4 is 11.6 Å². The minimum atomic E-state index is -0.196. The quantitative estimate of drug-likeness (QED) is 0.723. The third-order valence-electron chi connectivity index (χ3n) is 2.45. The molecule has 0 saturated carbocycles. The van der Waals surface area contributed by atoms with E-state index < -0.39 is 0 Å². The van der Waals surface area contributed by atoms with Crippen LogP contribution in [0.3, 0.4) is 0 Å². The van der Waals surface area contributed by atoms with Crippen molar-refractivity contribution in [2.45, 2.75) is 39.1 Å². The first-order valence-corrected chi connectivity index (χ1v) is 6.01. The standard InChI is InChI=1S/C10H19ClN4O/c1-5-16-6-9(7(2)3)15-10(8(4)11)12-13-14-15/h7-9H,5-6H2,1-4H3. The van der Waals surface area contributed by atoms with Gasteiger partial charge in [0.15, 0.2) is 5.82 Å². The monoisotopic (exact) mass is 246 g/mol. The predicted octanol–water partition coefficient (Wildman–Crippen LogP) is 2.21. The van der Waals surface area contributed by atoms with Crippen LogP contribution in [0, 0.1) is 5.92 Å². The van der Waals surface area contributed by atoms with Crippen LogP contribution in [0.15, 0.2) is 0 Å². The van der Waals surface area contributed by atoms with Gasteiger partial charge in [-0.25, -0.2) is 4.68 Å². The van der Waals surface area contributed by atoms with Gasteiger partial charge in [0.05, 0.1) is 18.0 Å². The maximum absolute atomic E-state index is 6.03. The molecule has 1 heterocycles. The zero-order valence-corrected chi connectivity index (χ0v) is 11.0. The van der Waals surface area contributed by atoms with E-state index in [1.165, 1.54) is 0 Å². The van der Waals surface area contributed by atoms with Crippen molar-refractivity contribution in [2.75, 3.05) is 13.2 Å². The fraction of sp³-hybridized carbons (Fsp3) is 0.900. The van der Waals surface area contributed by atoms with E-state index in [0.29, 0.717) is 25.0 Å². The van der Waals surface area contributed by atoms with Crippen LogP contribution in [-0.2, 0) is 4.74 Å². The van der Waals surface area contributed by atoms with Gasteiger partial charge in [-0.1, -0.05) is 13.8 Å². The van der Waals surface area contributed by atoms with Gasteiger partial charge in [0.1, 0.15) is 0 Å². The van der Waals surface area contributed by atoms with Gasteiger partial charge in [-0.3, -0.25) is 0 Å². The number of rotatable bonds is 6. The van der Waals surface area contributed by atoms with E-state index in [-0.39, 0.29) is 11.4 Å². The van der Waals surface area contributed by atoms with Gasteiger partial charge in [0, 0.05) is 6.61 Å². The van der Waals surface area contributed by atoms with Gasteiger partial charge in [0.2, 0.25) is 0 Å². The smallest absolute Gasteiger partial charge is 0.169 e. The maximum Gasteiger partial charge on any atom is 0.169 e. The van der Waals surface area contributed by atoms with E-state index in [1.807, 2.05) is 13.8 Å². The molecule has 0 aliphatic carbocycles. The van der Waals surface area contributed by atoms with E-state index in [0.717, 1.165) is 0 Å². The summed E-state index contributed by atoms with van der Waals surface area (Å²) in [6.07, 6.45) is 0. The second-order valence-corrected chi connectivity index (χ2v) is 4.72. The molecule has 0 bridgehead atoms. The van der Waals surface area contributed by atoms with Crippen molar-refractivity contribution in [1.29, 1.82) is 0 Å². The number of hydrogen-bond donors (Lipinski definition) is 0. The molecule has 0 radical (unpaired) electrons. The predicted molar refractivity (Wildman–Crippen MR) is 62.5 cm³/mol. The van der Waals surface area contributed by atoms with Crippen molar-refractivity contribution in [1.82, 2.24) is 20.2 Å². The average Bonchev–Trinajstić information content (AvgIpc) is 2.66. The molecular formula is C10H19ClN4O. The summed E-state index contributed by atoms with van der Waals surface area (Å²) in [5.41, 5.74) is 0. The highest BCUT2D eigenvalue weighted by atomic mass is 35.5. The highest BCUT2D eigenvalue weighted by Crippen LogP contribution is 2.23. The van der Waals surface area contributed by atoms with Gasteiger partial charge >= 0.3 is 0 Å². The lowest BCUT2D eigenvalue weighted by molar-refractivity contribution is 0.0892. The lowest BCUT2D eigenvalue weighted by Crippen LogP contribution is -2.24. The molecule has 1 aromatic rings. The number of ether oxygens (including phenoxy) is 1. The lowest BCUT2D eigenvalue weighted by Gasteiger charge is -2.22. The fourth-order valence-corrected chi connectivity index (χ4v) is 1.63. The Balaban J connectivity index is 2.87. The van der Waals surface area contributed by atoms with E-state index in [1.54, 1.807) is 4.68 Å². The van der Waals surface area contributed by atoms with Crippen molar-refractivity contribution in [3.63, 3.8) is 0 Å². The molecule has 5 nitrogen and oxygen atoms in total. The van der Waals surface area contributed by atoms with Crippen molar-refractivity contribution in [3.05, 3.63) is 5.82 Å². The number of alkyl halides is 1. The molecule has 0 aliphatic heterocycles. The maximum atomic E-state index is 6.03. The molecule has 0 spiro atoms. The first-order chi connectivity index (χ1) is 7.57. The van der Waals surface area contributed by atoms with E-state index in [2.05, 4.69) is 29.4 Å². The summed E-state index contributed by atoms with van der Waals surface area (Å²) in [6.45, 7) is 9.37. The average molecular weight is 247 g/mol. The minimum absolute atomic E-state index is 0.131. The molecule has 6 heteroatoms. The van der Waals surface area contributed by atoms with Gasteiger partial charge in [-0.05, 0) is 30.2 Å². The highest BCUT2D eigenvalue weighted by molar-refractivity contribution is 6.20. The Hall–Kier alpha value is -0.680. The Bertz CT molecular complexity index is 314. The first kappa shape index (κ1) is 13.4. The molecule has 1 rings (SSSR count). The highest BCUT2D eigenvalue weighted by Gasteiger charge is 2.22. The minimum Gasteiger partial charge on any atom is -0.380 e. The largest absolute Gasteiger partial charge is 0.380 e. The molecule has 16 heavy (non-hydrogen) atoms. The summed E-state index contributed by atoms with van der Waals surface area (Å²) in [6, 6.07) is 0.131. The normalized spacial score (nSPS) is 15.4. The molecule has 0 fully saturated rings. The summed E-state index contributed by atoms with van der Waals surface area (Å²) < 4.78 is 7.23. The number of aromatic nitrogens is 4. The summed E-state index contributed by atoms with van der Waals surface area (Å²) >= 11 is 6.03. The van der Waals surface area contributed by atoms with Crippen molar-refractivity contribution in [2.24, 2.45) is 5.92 Å². The Morgan fingerprint density at radius 1 is 1.38 bits per heavy atom. The number of hydrogen-bond acceptors (Lipinski definition) is 4. The molecule has 0 N–H and O–H groups in total. The van der Waals surface area contributed by atoms with E-state index >= 15 is 0 Å². The number of nitrogens with zero attached hydrogens (tertiary/aromatic N) is 4. The summed E-state index contributed by atoms with van der Waals surface area (Å²) in [7, 11) is 0. The first-order valence-electron chi connectivity index (χ1n) is 5.57. The van der Waals surface area contributed by atoms with Crippen LogP contribution in [0.4, 0.5) is 0 Å². The van der Waals surface area contributed by atoms with Crippen LogP contribution in [0.1, 0.15) is 44.9 Å². The Labute approximate surface area is 101 Å². The fourth-order valence-electron chi connectivity index (χ4n) is 1.48. The zero-order chi connectivity index (χ0) is 12.1. The van der Waals surface area contributed by atoms with Crippen LogP contribution in [0.25, 0.3) is 0 Å². The Kier molecular flexibility index (Phi) is 5.15. The summed E-state index contributed by atoms with van der Waals surface area (Å²) in [5.74, 6) is 1.09. The van der Waals surface area contributed by atoms with Gasteiger partial charge < -0.3 is 4.74 Å². The molecule has 1 aromatic heterocycles. The molecule has 0 saturated heterocycles. The summed E-state index contributed by atoms with van der Waals surface area (Å²) in [4.78, 5) is 0. The van der Waals surface area contributed by atoms with Crippen molar-refractivity contribution in [3.8, 4) is 0 Å². The SMILES string of the molecule is CCOCC(C(C)C)n1nnnc1C(C)Cl. The second-order valence-electron chi connectivity index (χ2n) is 4.07. The topological polar surface area (TPSA) is 52.8 Å². The Morgan fingerprint density at radius 3 is 2.56 bits per heavy atom. The molecule has 2 atom stereocenters. The van der Waals surface area contributed by atoms with Crippen LogP contribution in [0.5, 0.6) is 0 Å². The molecular weight excluding hydrogens is 228 g/mol. The number of tetrazole rings is 1. The van der Waals surface area contributed by atoms with Gasteiger partial charge in [0.25, 0.3) is 0 Å².